The largest absolute Gasteiger partial charge is 0.392 e. The third-order valence-corrected chi connectivity index (χ3v) is 4.19. The Kier molecular flexibility index (Phi) is 5.26. The lowest BCUT2D eigenvalue weighted by atomic mass is 9.88. The molecular formula is C17H24N3O3. The van der Waals surface area contributed by atoms with Crippen LogP contribution >= 0.6 is 0 Å². The fourth-order valence-corrected chi connectivity index (χ4v) is 2.47. The van der Waals surface area contributed by atoms with Gasteiger partial charge in [-0.15, -0.1) is 0 Å². The highest BCUT2D eigenvalue weighted by molar-refractivity contribution is 5.94. The van der Waals surface area contributed by atoms with Crippen LogP contribution in [-0.2, 0) is 16.2 Å². The number of benzene rings is 1. The average Bonchev–Trinajstić information content (AvgIpc) is 2.54. The van der Waals surface area contributed by atoms with E-state index in [0.717, 1.165) is 24.3 Å². The number of carbonyl (C=O) groups is 2. The van der Waals surface area contributed by atoms with E-state index in [2.05, 4.69) is 4.90 Å². The molecule has 1 aliphatic rings. The molecule has 1 aromatic rings. The molecule has 125 valence electrons. The SMILES string of the molecule is CC(C)([CH]C(=O)N1CCN(c2ccc(CO)cc2)CC1)C(N)=O. The Labute approximate surface area is 136 Å². The fourth-order valence-electron chi connectivity index (χ4n) is 2.47. The van der Waals surface area contributed by atoms with Crippen LogP contribution in [0.25, 0.3) is 0 Å². The zero-order valence-electron chi connectivity index (χ0n) is 13.7. The van der Waals surface area contributed by atoms with Crippen LogP contribution in [0.2, 0.25) is 0 Å². The topological polar surface area (TPSA) is 86.9 Å². The highest BCUT2D eigenvalue weighted by Gasteiger charge is 2.32. The van der Waals surface area contributed by atoms with Crippen molar-refractivity contribution in [3.05, 3.63) is 36.2 Å². The lowest BCUT2D eigenvalue weighted by Gasteiger charge is -2.37. The van der Waals surface area contributed by atoms with Gasteiger partial charge in [-0.3, -0.25) is 9.59 Å². The molecule has 6 heteroatoms. The summed E-state index contributed by atoms with van der Waals surface area (Å²) in [5.74, 6) is -0.655. The Morgan fingerprint density at radius 3 is 2.22 bits per heavy atom. The molecule has 0 unspecified atom stereocenters. The highest BCUT2D eigenvalue weighted by Crippen LogP contribution is 2.22. The van der Waals surface area contributed by atoms with Gasteiger partial charge in [0.15, 0.2) is 0 Å². The number of anilines is 1. The van der Waals surface area contributed by atoms with Crippen LogP contribution in [0.5, 0.6) is 0 Å². The van der Waals surface area contributed by atoms with Gasteiger partial charge in [0.05, 0.1) is 18.4 Å². The highest BCUT2D eigenvalue weighted by atomic mass is 16.3. The zero-order chi connectivity index (χ0) is 17.0. The maximum Gasteiger partial charge on any atom is 0.227 e. The number of rotatable bonds is 5. The van der Waals surface area contributed by atoms with Gasteiger partial charge in [0, 0.05) is 31.9 Å². The average molecular weight is 318 g/mol. The van der Waals surface area contributed by atoms with Gasteiger partial charge in [-0.25, -0.2) is 0 Å². The lowest BCUT2D eigenvalue weighted by molar-refractivity contribution is -0.133. The van der Waals surface area contributed by atoms with Gasteiger partial charge in [-0.1, -0.05) is 26.0 Å². The molecule has 0 bridgehead atoms. The Bertz CT molecular complexity index is 561. The molecule has 2 amide bonds. The van der Waals surface area contributed by atoms with E-state index in [1.807, 2.05) is 24.3 Å². The minimum atomic E-state index is -0.936. The van der Waals surface area contributed by atoms with Crippen molar-refractivity contribution < 1.29 is 14.7 Å². The monoisotopic (exact) mass is 318 g/mol. The molecule has 1 aliphatic heterocycles. The molecule has 0 aliphatic carbocycles. The number of amides is 2. The molecule has 1 heterocycles. The van der Waals surface area contributed by atoms with Crippen molar-refractivity contribution in [1.29, 1.82) is 0 Å². The Hall–Kier alpha value is -2.08. The van der Waals surface area contributed by atoms with E-state index in [1.165, 1.54) is 6.42 Å². The molecule has 1 aromatic carbocycles. The fraction of sp³-hybridized carbons (Fsp3) is 0.471. The molecule has 2 rings (SSSR count). The van der Waals surface area contributed by atoms with Crippen molar-refractivity contribution in [3.63, 3.8) is 0 Å². The minimum Gasteiger partial charge on any atom is -0.392 e. The van der Waals surface area contributed by atoms with E-state index >= 15 is 0 Å². The minimum absolute atomic E-state index is 0.0358. The first-order valence-electron chi connectivity index (χ1n) is 7.73. The number of nitrogens with zero attached hydrogens (tertiary/aromatic N) is 2. The Balaban J connectivity index is 1.90. The number of nitrogens with two attached hydrogens (primary N) is 1. The summed E-state index contributed by atoms with van der Waals surface area (Å²) in [4.78, 5) is 27.5. The summed E-state index contributed by atoms with van der Waals surface area (Å²) in [6.07, 6.45) is 1.40. The van der Waals surface area contributed by atoms with Crippen molar-refractivity contribution in [2.45, 2.75) is 20.5 Å². The van der Waals surface area contributed by atoms with Gasteiger partial charge >= 0.3 is 0 Å². The third kappa shape index (κ3) is 4.22. The first-order chi connectivity index (χ1) is 10.8. The number of aliphatic hydroxyl groups excluding tert-OH is 1. The zero-order valence-corrected chi connectivity index (χ0v) is 13.7. The van der Waals surface area contributed by atoms with Gasteiger partial charge in [0.2, 0.25) is 11.8 Å². The first kappa shape index (κ1) is 17.3. The van der Waals surface area contributed by atoms with Crippen molar-refractivity contribution in [3.8, 4) is 0 Å². The standard InChI is InChI=1S/C17H24N3O3/c1-17(2,16(18)23)11-15(22)20-9-7-19(8-10-20)14-5-3-13(12-21)4-6-14/h3-6,11,21H,7-10,12H2,1-2H3,(H2,18,23). The molecule has 1 fully saturated rings. The van der Waals surface area contributed by atoms with Crippen molar-refractivity contribution >= 4 is 17.5 Å². The van der Waals surface area contributed by atoms with Crippen LogP contribution in [-0.4, -0.2) is 48.0 Å². The summed E-state index contributed by atoms with van der Waals surface area (Å²) >= 11 is 0. The molecule has 6 nitrogen and oxygen atoms in total. The number of carbonyl (C=O) groups excluding carboxylic acids is 2. The smallest absolute Gasteiger partial charge is 0.227 e. The number of hydrogen-bond donors (Lipinski definition) is 2. The molecule has 1 radical (unpaired) electrons. The van der Waals surface area contributed by atoms with E-state index in [-0.39, 0.29) is 12.5 Å². The number of hydrogen-bond acceptors (Lipinski definition) is 4. The predicted octanol–water partition coefficient (Wildman–Crippen LogP) is 0.543. The molecule has 0 saturated carbocycles. The van der Waals surface area contributed by atoms with E-state index in [9.17, 15) is 9.59 Å². The van der Waals surface area contributed by atoms with E-state index in [1.54, 1.807) is 18.7 Å². The maximum atomic E-state index is 12.3. The van der Waals surface area contributed by atoms with Crippen LogP contribution < -0.4 is 10.6 Å². The van der Waals surface area contributed by atoms with E-state index in [4.69, 9.17) is 10.8 Å². The Morgan fingerprint density at radius 1 is 1.17 bits per heavy atom. The third-order valence-electron chi connectivity index (χ3n) is 4.19. The summed E-state index contributed by atoms with van der Waals surface area (Å²) in [7, 11) is 0. The van der Waals surface area contributed by atoms with Gasteiger partial charge in [0.25, 0.3) is 0 Å². The van der Waals surface area contributed by atoms with Gasteiger partial charge in [-0.2, -0.15) is 0 Å². The summed E-state index contributed by atoms with van der Waals surface area (Å²) < 4.78 is 0. The summed E-state index contributed by atoms with van der Waals surface area (Å²) in [6, 6.07) is 7.75. The van der Waals surface area contributed by atoms with E-state index in [0.29, 0.717) is 13.1 Å². The van der Waals surface area contributed by atoms with Gasteiger partial charge in [-0.05, 0) is 17.7 Å². The maximum absolute atomic E-state index is 12.3. The van der Waals surface area contributed by atoms with Gasteiger partial charge in [0.1, 0.15) is 0 Å². The molecule has 0 aromatic heterocycles. The number of aliphatic hydroxyl groups is 1. The first-order valence-corrected chi connectivity index (χ1v) is 7.73. The normalized spacial score (nSPS) is 15.6. The molecule has 1 saturated heterocycles. The second-order valence-electron chi connectivity index (χ2n) is 6.37. The molecule has 3 N–H and O–H groups in total. The quantitative estimate of drug-likeness (QED) is 0.830. The second kappa shape index (κ2) is 7.00. The summed E-state index contributed by atoms with van der Waals surface area (Å²) in [5, 5.41) is 9.07. The van der Waals surface area contributed by atoms with Crippen molar-refractivity contribution in [2.75, 3.05) is 31.1 Å². The Morgan fingerprint density at radius 2 is 1.74 bits per heavy atom. The summed E-state index contributed by atoms with van der Waals surface area (Å²) in [6.45, 7) is 5.99. The predicted molar refractivity (Wildman–Crippen MR) is 88.4 cm³/mol. The molecule has 0 atom stereocenters. The number of piperazine rings is 1. The lowest BCUT2D eigenvalue weighted by Crippen LogP contribution is -2.50. The molecule has 23 heavy (non-hydrogen) atoms. The number of primary amides is 1. The second-order valence-corrected chi connectivity index (χ2v) is 6.37. The van der Waals surface area contributed by atoms with Crippen LogP contribution in [0.1, 0.15) is 19.4 Å². The molecular weight excluding hydrogens is 294 g/mol. The van der Waals surface area contributed by atoms with Crippen molar-refractivity contribution in [1.82, 2.24) is 4.90 Å². The summed E-state index contributed by atoms with van der Waals surface area (Å²) in [5.41, 5.74) is 6.33. The van der Waals surface area contributed by atoms with Gasteiger partial charge < -0.3 is 20.6 Å². The van der Waals surface area contributed by atoms with Crippen LogP contribution in [0.4, 0.5) is 5.69 Å². The van der Waals surface area contributed by atoms with E-state index < -0.39 is 11.3 Å². The molecule has 0 spiro atoms. The van der Waals surface area contributed by atoms with Crippen molar-refractivity contribution in [2.24, 2.45) is 11.1 Å². The van der Waals surface area contributed by atoms with Crippen LogP contribution in [0.15, 0.2) is 24.3 Å². The van der Waals surface area contributed by atoms with Crippen LogP contribution in [0, 0.1) is 11.8 Å². The van der Waals surface area contributed by atoms with Crippen LogP contribution in [0.3, 0.4) is 0 Å².